The molecule has 0 saturated carbocycles. The molecule has 134 valence electrons. The first-order valence-electron chi connectivity index (χ1n) is 8.01. The molecule has 0 aromatic carbocycles. The predicted octanol–water partition coefficient (Wildman–Crippen LogP) is 2.65. The SMILES string of the molecule is CN(CC1CCCN(C(=O)Nc2nncs2)C1)C(=O)OC(C)(C)C. The molecule has 9 heteroatoms. The van der Waals surface area contributed by atoms with Crippen molar-refractivity contribution in [1.82, 2.24) is 20.0 Å². The Morgan fingerprint density at radius 3 is 2.88 bits per heavy atom. The molecule has 8 nitrogen and oxygen atoms in total. The number of urea groups is 1. The van der Waals surface area contributed by atoms with Gasteiger partial charge in [0.05, 0.1) is 0 Å². The molecule has 1 aliphatic rings. The van der Waals surface area contributed by atoms with E-state index >= 15 is 0 Å². The van der Waals surface area contributed by atoms with Crippen LogP contribution in [0.1, 0.15) is 33.6 Å². The van der Waals surface area contributed by atoms with Gasteiger partial charge in [-0.2, -0.15) is 0 Å². The van der Waals surface area contributed by atoms with Gasteiger partial charge in [-0.3, -0.25) is 5.32 Å². The quantitative estimate of drug-likeness (QED) is 0.900. The first kappa shape index (κ1) is 18.4. The molecular weight excluding hydrogens is 330 g/mol. The average molecular weight is 355 g/mol. The number of nitrogens with zero attached hydrogens (tertiary/aromatic N) is 4. The highest BCUT2D eigenvalue weighted by Crippen LogP contribution is 2.20. The first-order chi connectivity index (χ1) is 11.2. The maximum atomic E-state index is 12.3. The summed E-state index contributed by atoms with van der Waals surface area (Å²) in [5.41, 5.74) is 1.07. The third kappa shape index (κ3) is 5.63. The van der Waals surface area contributed by atoms with E-state index in [1.165, 1.54) is 11.3 Å². The Balaban J connectivity index is 1.84. The van der Waals surface area contributed by atoms with Gasteiger partial charge in [0.25, 0.3) is 0 Å². The third-order valence-electron chi connectivity index (χ3n) is 3.62. The van der Waals surface area contributed by atoms with Crippen molar-refractivity contribution in [2.45, 2.75) is 39.2 Å². The monoisotopic (exact) mass is 355 g/mol. The van der Waals surface area contributed by atoms with Crippen LogP contribution in [-0.4, -0.2) is 64.4 Å². The summed E-state index contributed by atoms with van der Waals surface area (Å²) in [4.78, 5) is 27.7. The number of ether oxygens (including phenoxy) is 1. The lowest BCUT2D eigenvalue weighted by Crippen LogP contribution is -2.46. The number of piperidine rings is 1. The fourth-order valence-electron chi connectivity index (χ4n) is 2.60. The molecule has 0 spiro atoms. The van der Waals surface area contributed by atoms with Crippen molar-refractivity contribution in [3.63, 3.8) is 0 Å². The van der Waals surface area contributed by atoms with E-state index in [1.807, 2.05) is 20.8 Å². The van der Waals surface area contributed by atoms with Crippen LogP contribution in [0, 0.1) is 5.92 Å². The largest absolute Gasteiger partial charge is 0.444 e. The molecule has 1 unspecified atom stereocenters. The highest BCUT2D eigenvalue weighted by molar-refractivity contribution is 7.13. The molecule has 1 N–H and O–H groups in total. The molecule has 1 aromatic heterocycles. The smallest absolute Gasteiger partial charge is 0.410 e. The fraction of sp³-hybridized carbons (Fsp3) is 0.733. The van der Waals surface area contributed by atoms with Gasteiger partial charge in [0.1, 0.15) is 11.1 Å². The van der Waals surface area contributed by atoms with Crippen molar-refractivity contribution in [3.8, 4) is 0 Å². The predicted molar refractivity (Wildman–Crippen MR) is 92.1 cm³/mol. The van der Waals surface area contributed by atoms with Gasteiger partial charge in [-0.1, -0.05) is 11.3 Å². The molecule has 2 rings (SSSR count). The minimum Gasteiger partial charge on any atom is -0.444 e. The number of nitrogens with one attached hydrogen (secondary N) is 1. The maximum absolute atomic E-state index is 12.3. The molecule has 1 saturated heterocycles. The number of anilines is 1. The minimum absolute atomic E-state index is 0.170. The van der Waals surface area contributed by atoms with Gasteiger partial charge in [-0.05, 0) is 39.5 Å². The third-order valence-corrected chi connectivity index (χ3v) is 4.22. The number of rotatable bonds is 3. The van der Waals surface area contributed by atoms with Crippen LogP contribution in [0.25, 0.3) is 0 Å². The van der Waals surface area contributed by atoms with Crippen molar-refractivity contribution in [1.29, 1.82) is 0 Å². The second-order valence-corrected chi connectivity index (χ2v) is 7.82. The van der Waals surface area contributed by atoms with Crippen LogP contribution in [0.5, 0.6) is 0 Å². The van der Waals surface area contributed by atoms with Crippen LogP contribution >= 0.6 is 11.3 Å². The normalized spacial score (nSPS) is 18.2. The summed E-state index contributed by atoms with van der Waals surface area (Å²) in [5, 5.41) is 10.8. The van der Waals surface area contributed by atoms with Crippen molar-refractivity contribution in [2.24, 2.45) is 5.92 Å². The molecule has 0 aliphatic carbocycles. The molecule has 1 aliphatic heterocycles. The highest BCUT2D eigenvalue weighted by Gasteiger charge is 2.27. The Morgan fingerprint density at radius 1 is 1.50 bits per heavy atom. The summed E-state index contributed by atoms with van der Waals surface area (Å²) in [6.07, 6.45) is 1.56. The minimum atomic E-state index is -0.508. The number of aromatic nitrogens is 2. The molecule has 0 radical (unpaired) electrons. The van der Waals surface area contributed by atoms with Gasteiger partial charge in [-0.25, -0.2) is 9.59 Å². The molecule has 2 heterocycles. The van der Waals surface area contributed by atoms with Gasteiger partial charge in [0, 0.05) is 26.7 Å². The zero-order valence-corrected chi connectivity index (χ0v) is 15.4. The van der Waals surface area contributed by atoms with Crippen LogP contribution in [0.3, 0.4) is 0 Å². The summed E-state index contributed by atoms with van der Waals surface area (Å²) in [5.74, 6) is 0.233. The maximum Gasteiger partial charge on any atom is 0.410 e. The Kier molecular flexibility index (Phi) is 5.98. The van der Waals surface area contributed by atoms with Gasteiger partial charge >= 0.3 is 12.1 Å². The van der Waals surface area contributed by atoms with E-state index in [2.05, 4.69) is 15.5 Å². The zero-order chi connectivity index (χ0) is 17.7. The number of carbonyl (C=O) groups excluding carboxylic acids is 2. The second kappa shape index (κ2) is 7.78. The summed E-state index contributed by atoms with van der Waals surface area (Å²) in [7, 11) is 1.73. The highest BCUT2D eigenvalue weighted by atomic mass is 32.1. The fourth-order valence-corrected chi connectivity index (χ4v) is 3.03. The van der Waals surface area contributed by atoms with Crippen LogP contribution in [0.2, 0.25) is 0 Å². The molecule has 3 amide bonds. The standard InChI is InChI=1S/C15H25N5O3S/c1-15(2,3)23-14(22)19(4)8-11-6-5-7-20(9-11)13(21)17-12-18-16-10-24-12/h10-11H,5-9H2,1-4H3,(H,17,18,21). The summed E-state index contributed by atoms with van der Waals surface area (Å²) in [6, 6.07) is -0.170. The van der Waals surface area contributed by atoms with Gasteiger partial charge in [0.15, 0.2) is 0 Å². The van der Waals surface area contributed by atoms with E-state index in [-0.39, 0.29) is 18.0 Å². The summed E-state index contributed by atoms with van der Waals surface area (Å²) < 4.78 is 5.37. The Morgan fingerprint density at radius 2 is 2.25 bits per heavy atom. The molecule has 0 bridgehead atoms. The zero-order valence-electron chi connectivity index (χ0n) is 14.6. The summed E-state index contributed by atoms with van der Waals surface area (Å²) in [6.45, 7) is 7.42. The number of amides is 3. The van der Waals surface area contributed by atoms with E-state index < -0.39 is 5.60 Å². The van der Waals surface area contributed by atoms with Crippen molar-refractivity contribution in [3.05, 3.63) is 5.51 Å². The second-order valence-electron chi connectivity index (χ2n) is 6.99. The first-order valence-corrected chi connectivity index (χ1v) is 8.89. The Hall–Kier alpha value is -1.90. The van der Waals surface area contributed by atoms with Gasteiger partial charge < -0.3 is 14.5 Å². The van der Waals surface area contributed by atoms with E-state index in [0.717, 1.165) is 12.8 Å². The van der Waals surface area contributed by atoms with E-state index in [0.29, 0.717) is 24.8 Å². The number of hydrogen-bond acceptors (Lipinski definition) is 6. The van der Waals surface area contributed by atoms with E-state index in [4.69, 9.17) is 4.74 Å². The number of hydrogen-bond donors (Lipinski definition) is 1. The van der Waals surface area contributed by atoms with Crippen molar-refractivity contribution >= 4 is 28.6 Å². The topological polar surface area (TPSA) is 87.7 Å². The number of likely N-dealkylation sites (tertiary alicyclic amines) is 1. The van der Waals surface area contributed by atoms with Crippen molar-refractivity contribution < 1.29 is 14.3 Å². The summed E-state index contributed by atoms with van der Waals surface area (Å²) >= 11 is 1.29. The Labute approximate surface area is 146 Å². The lowest BCUT2D eigenvalue weighted by Gasteiger charge is -2.34. The van der Waals surface area contributed by atoms with Crippen LogP contribution in [-0.2, 0) is 4.74 Å². The van der Waals surface area contributed by atoms with Crippen LogP contribution in [0.15, 0.2) is 5.51 Å². The molecule has 1 aromatic rings. The lowest BCUT2D eigenvalue weighted by atomic mass is 9.98. The molecule has 1 fully saturated rings. The Bertz CT molecular complexity index is 558. The molecule has 24 heavy (non-hydrogen) atoms. The lowest BCUT2D eigenvalue weighted by molar-refractivity contribution is 0.0253. The van der Waals surface area contributed by atoms with Gasteiger partial charge in [-0.15, -0.1) is 10.2 Å². The van der Waals surface area contributed by atoms with E-state index in [1.54, 1.807) is 22.4 Å². The molecule has 1 atom stereocenters. The molecular formula is C15H25N5O3S. The average Bonchev–Trinajstić information content (AvgIpc) is 2.98. The van der Waals surface area contributed by atoms with Crippen LogP contribution < -0.4 is 5.32 Å². The van der Waals surface area contributed by atoms with Crippen molar-refractivity contribution in [2.75, 3.05) is 32.0 Å². The van der Waals surface area contributed by atoms with Gasteiger partial charge in [0.2, 0.25) is 5.13 Å². The number of carbonyl (C=O) groups is 2. The van der Waals surface area contributed by atoms with E-state index in [9.17, 15) is 9.59 Å². The van der Waals surface area contributed by atoms with Crippen LogP contribution in [0.4, 0.5) is 14.7 Å².